The summed E-state index contributed by atoms with van der Waals surface area (Å²) in [7, 11) is 1.86. The molecule has 0 fully saturated rings. The molecule has 18 heavy (non-hydrogen) atoms. The largest absolute Gasteiger partial charge is 0.378 e. The molecule has 0 atom stereocenters. The molecule has 0 aliphatic heterocycles. The standard InChI is InChI=1S/C10H10IN5O2/c1-15-6-13-14-10(15)5-12-7-2-3-9(16(17)18)8(11)4-7/h2-4,6,12H,5H2,1H3. The molecule has 1 aromatic carbocycles. The molecular formula is C10H10IN5O2. The maximum Gasteiger partial charge on any atom is 0.282 e. The molecule has 0 saturated carbocycles. The van der Waals surface area contributed by atoms with E-state index in [-0.39, 0.29) is 5.69 Å². The summed E-state index contributed by atoms with van der Waals surface area (Å²) in [6.07, 6.45) is 1.62. The lowest BCUT2D eigenvalue weighted by Crippen LogP contribution is -2.06. The van der Waals surface area contributed by atoms with Crippen LogP contribution >= 0.6 is 22.6 Å². The summed E-state index contributed by atoms with van der Waals surface area (Å²) in [4.78, 5) is 10.3. The van der Waals surface area contributed by atoms with Crippen LogP contribution in [-0.4, -0.2) is 19.7 Å². The summed E-state index contributed by atoms with van der Waals surface area (Å²) in [5.74, 6) is 0.795. The Balaban J connectivity index is 2.09. The van der Waals surface area contributed by atoms with Gasteiger partial charge in [-0.05, 0) is 34.7 Å². The first-order valence-corrected chi connectivity index (χ1v) is 6.16. The summed E-state index contributed by atoms with van der Waals surface area (Å²) in [6.45, 7) is 0.518. The van der Waals surface area contributed by atoms with Crippen LogP contribution < -0.4 is 5.32 Å². The second kappa shape index (κ2) is 5.29. The van der Waals surface area contributed by atoms with Crippen LogP contribution in [0.15, 0.2) is 24.5 Å². The number of anilines is 1. The number of aryl methyl sites for hydroxylation is 1. The fourth-order valence-corrected chi connectivity index (χ4v) is 2.13. The van der Waals surface area contributed by atoms with E-state index >= 15 is 0 Å². The predicted molar refractivity (Wildman–Crippen MR) is 74.1 cm³/mol. The number of hydrogen-bond acceptors (Lipinski definition) is 5. The zero-order valence-electron chi connectivity index (χ0n) is 9.50. The zero-order valence-corrected chi connectivity index (χ0v) is 11.7. The van der Waals surface area contributed by atoms with Crippen molar-refractivity contribution in [3.63, 3.8) is 0 Å². The number of nitrogens with one attached hydrogen (secondary N) is 1. The molecule has 2 rings (SSSR count). The number of benzene rings is 1. The molecule has 1 aromatic heterocycles. The molecule has 0 amide bonds. The molecule has 94 valence electrons. The maximum atomic E-state index is 10.7. The normalized spacial score (nSPS) is 10.3. The maximum absolute atomic E-state index is 10.7. The fraction of sp³-hybridized carbons (Fsp3) is 0.200. The van der Waals surface area contributed by atoms with Gasteiger partial charge in [0.2, 0.25) is 0 Å². The SMILES string of the molecule is Cn1cnnc1CNc1ccc([N+](=O)[O-])c(I)c1. The lowest BCUT2D eigenvalue weighted by atomic mass is 10.3. The van der Waals surface area contributed by atoms with Crippen molar-refractivity contribution in [2.45, 2.75) is 6.54 Å². The van der Waals surface area contributed by atoms with Gasteiger partial charge < -0.3 is 9.88 Å². The van der Waals surface area contributed by atoms with E-state index in [4.69, 9.17) is 0 Å². The lowest BCUT2D eigenvalue weighted by molar-refractivity contribution is -0.385. The number of rotatable bonds is 4. The minimum absolute atomic E-state index is 0.111. The highest BCUT2D eigenvalue weighted by molar-refractivity contribution is 14.1. The monoisotopic (exact) mass is 359 g/mol. The first kappa shape index (κ1) is 12.7. The fourth-order valence-electron chi connectivity index (χ4n) is 1.41. The number of nitro benzene ring substituents is 1. The number of halogens is 1. The van der Waals surface area contributed by atoms with Gasteiger partial charge in [0.1, 0.15) is 6.33 Å². The summed E-state index contributed by atoms with van der Waals surface area (Å²) in [5.41, 5.74) is 0.924. The van der Waals surface area contributed by atoms with Crippen molar-refractivity contribution < 1.29 is 4.92 Å². The molecule has 2 aromatic rings. The number of nitro groups is 1. The number of hydrogen-bond donors (Lipinski definition) is 1. The van der Waals surface area contributed by atoms with Gasteiger partial charge in [-0.2, -0.15) is 0 Å². The second-order valence-electron chi connectivity index (χ2n) is 3.63. The average Bonchev–Trinajstić information content (AvgIpc) is 2.72. The third-order valence-corrected chi connectivity index (χ3v) is 3.26. The van der Waals surface area contributed by atoms with Crippen molar-refractivity contribution >= 4 is 34.0 Å². The summed E-state index contributed by atoms with van der Waals surface area (Å²) >= 11 is 1.95. The van der Waals surface area contributed by atoms with Crippen LogP contribution in [0.4, 0.5) is 11.4 Å². The summed E-state index contributed by atoms with van der Waals surface area (Å²) in [5, 5.41) is 21.5. The molecule has 0 saturated heterocycles. The van der Waals surface area contributed by atoms with Gasteiger partial charge in [-0.1, -0.05) is 0 Å². The Morgan fingerprint density at radius 1 is 1.56 bits per heavy atom. The van der Waals surface area contributed by atoms with Crippen molar-refractivity contribution in [1.82, 2.24) is 14.8 Å². The third-order valence-electron chi connectivity index (χ3n) is 2.40. The van der Waals surface area contributed by atoms with Crippen LogP contribution in [-0.2, 0) is 13.6 Å². The Morgan fingerprint density at radius 2 is 2.33 bits per heavy atom. The Kier molecular flexibility index (Phi) is 3.75. The van der Waals surface area contributed by atoms with E-state index in [0.717, 1.165) is 11.5 Å². The first-order valence-electron chi connectivity index (χ1n) is 5.08. The Bertz CT molecular complexity index is 583. The molecule has 7 nitrogen and oxygen atoms in total. The Hall–Kier alpha value is -1.71. The smallest absolute Gasteiger partial charge is 0.282 e. The van der Waals surface area contributed by atoms with E-state index in [1.165, 1.54) is 6.07 Å². The molecule has 0 spiro atoms. The van der Waals surface area contributed by atoms with E-state index in [0.29, 0.717) is 10.1 Å². The van der Waals surface area contributed by atoms with Crippen LogP contribution in [0.25, 0.3) is 0 Å². The van der Waals surface area contributed by atoms with E-state index in [1.54, 1.807) is 18.5 Å². The number of nitrogens with zero attached hydrogens (tertiary/aromatic N) is 4. The van der Waals surface area contributed by atoms with Gasteiger partial charge in [-0.15, -0.1) is 10.2 Å². The van der Waals surface area contributed by atoms with Crippen molar-refractivity contribution in [3.8, 4) is 0 Å². The zero-order chi connectivity index (χ0) is 13.1. The van der Waals surface area contributed by atoms with E-state index in [9.17, 15) is 10.1 Å². The van der Waals surface area contributed by atoms with Crippen molar-refractivity contribution in [2.75, 3.05) is 5.32 Å². The average molecular weight is 359 g/mol. The van der Waals surface area contributed by atoms with Crippen LogP contribution in [0.5, 0.6) is 0 Å². The quantitative estimate of drug-likeness (QED) is 0.512. The van der Waals surface area contributed by atoms with Crippen molar-refractivity contribution in [2.24, 2.45) is 7.05 Å². The molecule has 0 unspecified atom stereocenters. The second-order valence-corrected chi connectivity index (χ2v) is 4.80. The van der Waals surface area contributed by atoms with Crippen LogP contribution in [0, 0.1) is 13.7 Å². The van der Waals surface area contributed by atoms with E-state index < -0.39 is 4.92 Å². The van der Waals surface area contributed by atoms with Crippen molar-refractivity contribution in [3.05, 3.63) is 44.0 Å². The molecule has 8 heteroatoms. The summed E-state index contributed by atoms with van der Waals surface area (Å²) in [6, 6.07) is 4.90. The molecule has 0 aliphatic rings. The van der Waals surface area contributed by atoms with E-state index in [1.807, 2.05) is 34.2 Å². The number of aromatic nitrogens is 3. The minimum Gasteiger partial charge on any atom is -0.378 e. The molecule has 1 N–H and O–H groups in total. The van der Waals surface area contributed by atoms with Gasteiger partial charge in [0.05, 0.1) is 15.0 Å². The topological polar surface area (TPSA) is 85.9 Å². The van der Waals surface area contributed by atoms with Gasteiger partial charge >= 0.3 is 0 Å². The van der Waals surface area contributed by atoms with E-state index in [2.05, 4.69) is 15.5 Å². The highest BCUT2D eigenvalue weighted by atomic mass is 127. The van der Waals surface area contributed by atoms with Crippen molar-refractivity contribution in [1.29, 1.82) is 0 Å². The predicted octanol–water partition coefficient (Wildman–Crippen LogP) is 1.94. The highest BCUT2D eigenvalue weighted by Gasteiger charge is 2.11. The molecule has 1 heterocycles. The van der Waals surface area contributed by atoms with Gasteiger partial charge in [-0.3, -0.25) is 10.1 Å². The minimum atomic E-state index is -0.395. The molecule has 0 bridgehead atoms. The molecule has 0 aliphatic carbocycles. The first-order chi connectivity index (χ1) is 8.58. The Morgan fingerprint density at radius 3 is 2.89 bits per heavy atom. The summed E-state index contributed by atoms with van der Waals surface area (Å²) < 4.78 is 2.41. The van der Waals surface area contributed by atoms with Gasteiger partial charge in [0.15, 0.2) is 5.82 Å². The van der Waals surface area contributed by atoms with Gasteiger partial charge in [-0.25, -0.2) is 0 Å². The van der Waals surface area contributed by atoms with Gasteiger partial charge in [0.25, 0.3) is 5.69 Å². The lowest BCUT2D eigenvalue weighted by Gasteiger charge is -2.06. The van der Waals surface area contributed by atoms with Crippen LogP contribution in [0.2, 0.25) is 0 Å². The third kappa shape index (κ3) is 2.75. The highest BCUT2D eigenvalue weighted by Crippen LogP contribution is 2.24. The van der Waals surface area contributed by atoms with Crippen LogP contribution in [0.1, 0.15) is 5.82 Å². The molecular weight excluding hydrogens is 349 g/mol. The molecule has 0 radical (unpaired) electrons. The van der Waals surface area contributed by atoms with Crippen LogP contribution in [0.3, 0.4) is 0 Å². The van der Waals surface area contributed by atoms with Gasteiger partial charge in [0, 0.05) is 18.8 Å². The Labute approximate surface area is 117 Å².